The van der Waals surface area contributed by atoms with Gasteiger partial charge in [0.15, 0.2) is 0 Å². The molecule has 32 heavy (non-hydrogen) atoms. The van der Waals surface area contributed by atoms with Crippen LogP contribution in [0.15, 0.2) is 55.0 Å². The van der Waals surface area contributed by atoms with Crippen LogP contribution in [0.4, 0.5) is 4.39 Å². The monoisotopic (exact) mass is 437 g/mol. The molecule has 0 N–H and O–H groups in total. The topological polar surface area (TPSA) is 63.5 Å². The van der Waals surface area contributed by atoms with Gasteiger partial charge in [0.25, 0.3) is 5.91 Å². The van der Waals surface area contributed by atoms with E-state index in [2.05, 4.69) is 15.0 Å². The molecule has 0 bridgehead atoms. The Bertz CT molecular complexity index is 1020. The van der Waals surface area contributed by atoms with E-state index in [1.165, 1.54) is 12.1 Å². The molecule has 168 valence electrons. The molecule has 0 spiro atoms. The number of rotatable bonds is 8. The third kappa shape index (κ3) is 5.38. The molecule has 0 saturated carbocycles. The van der Waals surface area contributed by atoms with Gasteiger partial charge >= 0.3 is 0 Å². The molecule has 8 heteroatoms. The van der Waals surface area contributed by atoms with Crippen molar-refractivity contribution in [3.63, 3.8) is 0 Å². The fraction of sp³-hybridized carbons (Fsp3) is 0.375. The Balaban J connectivity index is 1.50. The molecule has 1 amide bonds. The van der Waals surface area contributed by atoms with Crippen LogP contribution in [0.3, 0.4) is 0 Å². The van der Waals surface area contributed by atoms with E-state index in [4.69, 9.17) is 4.74 Å². The Morgan fingerprint density at radius 3 is 2.56 bits per heavy atom. The van der Waals surface area contributed by atoms with E-state index in [1.54, 1.807) is 35.4 Å². The standard InChI is InChI=1S/C24H28FN5O2/c1-19-23(17-27-30(19)22-5-3-21(25)4-6-22)24(31)29(18-20-7-9-26-10-8-20)12-2-11-28-13-15-32-16-14-28/h3-10,17H,2,11-16,18H2,1H3. The van der Waals surface area contributed by atoms with Crippen LogP contribution in [-0.4, -0.2) is 69.9 Å². The highest BCUT2D eigenvalue weighted by atomic mass is 19.1. The van der Waals surface area contributed by atoms with Crippen LogP contribution in [0, 0.1) is 12.7 Å². The maximum atomic E-state index is 13.5. The van der Waals surface area contributed by atoms with Crippen molar-refractivity contribution >= 4 is 5.91 Å². The van der Waals surface area contributed by atoms with Crippen molar-refractivity contribution < 1.29 is 13.9 Å². The summed E-state index contributed by atoms with van der Waals surface area (Å²) < 4.78 is 20.4. The van der Waals surface area contributed by atoms with Gasteiger partial charge in [-0.05, 0) is 55.3 Å². The molecule has 3 aromatic rings. The summed E-state index contributed by atoms with van der Waals surface area (Å²) in [4.78, 5) is 21.8. The van der Waals surface area contributed by atoms with Crippen molar-refractivity contribution in [3.05, 3.63) is 77.6 Å². The Morgan fingerprint density at radius 2 is 1.84 bits per heavy atom. The van der Waals surface area contributed by atoms with Crippen LogP contribution < -0.4 is 0 Å². The number of morpholine rings is 1. The second-order valence-electron chi connectivity index (χ2n) is 7.92. The number of halogens is 1. The molecule has 7 nitrogen and oxygen atoms in total. The summed E-state index contributed by atoms with van der Waals surface area (Å²) in [6, 6.07) is 9.94. The highest BCUT2D eigenvalue weighted by Crippen LogP contribution is 2.18. The second kappa shape index (κ2) is 10.5. The van der Waals surface area contributed by atoms with Gasteiger partial charge in [0.1, 0.15) is 5.82 Å². The summed E-state index contributed by atoms with van der Waals surface area (Å²) in [5, 5.41) is 4.39. The number of amides is 1. The van der Waals surface area contributed by atoms with Gasteiger partial charge in [-0.15, -0.1) is 0 Å². The summed E-state index contributed by atoms with van der Waals surface area (Å²) in [5.74, 6) is -0.367. The molecule has 0 aliphatic carbocycles. The number of hydrogen-bond donors (Lipinski definition) is 0. The molecule has 1 aliphatic heterocycles. The van der Waals surface area contributed by atoms with Gasteiger partial charge in [0, 0.05) is 45.1 Å². The largest absolute Gasteiger partial charge is 0.379 e. The third-order valence-electron chi connectivity index (χ3n) is 5.73. The molecule has 0 radical (unpaired) electrons. The average Bonchev–Trinajstić information content (AvgIpc) is 3.21. The minimum Gasteiger partial charge on any atom is -0.379 e. The second-order valence-corrected chi connectivity index (χ2v) is 7.92. The molecule has 0 unspecified atom stereocenters. The van der Waals surface area contributed by atoms with Crippen LogP contribution in [0.1, 0.15) is 28.0 Å². The fourth-order valence-corrected chi connectivity index (χ4v) is 3.90. The van der Waals surface area contributed by atoms with E-state index in [0.717, 1.165) is 56.2 Å². The zero-order valence-corrected chi connectivity index (χ0v) is 18.3. The number of nitrogens with zero attached hydrogens (tertiary/aromatic N) is 5. The summed E-state index contributed by atoms with van der Waals surface area (Å²) in [7, 11) is 0. The maximum Gasteiger partial charge on any atom is 0.257 e. The Hall–Kier alpha value is -3.10. The average molecular weight is 438 g/mol. The first-order valence-electron chi connectivity index (χ1n) is 10.9. The lowest BCUT2D eigenvalue weighted by molar-refractivity contribution is 0.0355. The molecular weight excluding hydrogens is 409 g/mol. The molecule has 2 aromatic heterocycles. The summed E-state index contributed by atoms with van der Waals surface area (Å²) >= 11 is 0. The number of ether oxygens (including phenoxy) is 1. The van der Waals surface area contributed by atoms with Gasteiger partial charge in [-0.1, -0.05) is 0 Å². The molecule has 1 aromatic carbocycles. The van der Waals surface area contributed by atoms with Crippen molar-refractivity contribution in [1.29, 1.82) is 0 Å². The molecule has 3 heterocycles. The lowest BCUT2D eigenvalue weighted by Crippen LogP contribution is -2.39. The number of hydrogen-bond acceptors (Lipinski definition) is 5. The van der Waals surface area contributed by atoms with Crippen LogP contribution in [-0.2, 0) is 11.3 Å². The van der Waals surface area contributed by atoms with Crippen molar-refractivity contribution in [2.24, 2.45) is 0 Å². The van der Waals surface area contributed by atoms with E-state index in [9.17, 15) is 9.18 Å². The zero-order valence-electron chi connectivity index (χ0n) is 18.3. The van der Waals surface area contributed by atoms with Gasteiger partial charge in [-0.2, -0.15) is 5.10 Å². The zero-order chi connectivity index (χ0) is 22.3. The van der Waals surface area contributed by atoms with Gasteiger partial charge in [-0.25, -0.2) is 9.07 Å². The fourth-order valence-electron chi connectivity index (χ4n) is 3.90. The predicted octanol–water partition coefficient (Wildman–Crippen LogP) is 3.08. The van der Waals surface area contributed by atoms with Gasteiger partial charge in [0.2, 0.25) is 0 Å². The lowest BCUT2D eigenvalue weighted by Gasteiger charge is -2.28. The number of carbonyl (C=O) groups is 1. The molecule has 0 atom stereocenters. The van der Waals surface area contributed by atoms with E-state index in [0.29, 0.717) is 18.7 Å². The Morgan fingerprint density at radius 1 is 1.12 bits per heavy atom. The normalized spacial score (nSPS) is 14.4. The van der Waals surface area contributed by atoms with Crippen molar-refractivity contribution in [2.75, 3.05) is 39.4 Å². The van der Waals surface area contributed by atoms with Gasteiger partial charge < -0.3 is 9.64 Å². The number of pyridine rings is 1. The number of aromatic nitrogens is 3. The minimum absolute atomic E-state index is 0.0605. The highest BCUT2D eigenvalue weighted by molar-refractivity contribution is 5.95. The quantitative estimate of drug-likeness (QED) is 0.542. The number of benzene rings is 1. The highest BCUT2D eigenvalue weighted by Gasteiger charge is 2.22. The Kier molecular flexibility index (Phi) is 7.24. The molecule has 1 saturated heterocycles. The van der Waals surface area contributed by atoms with Crippen molar-refractivity contribution in [2.45, 2.75) is 19.9 Å². The smallest absolute Gasteiger partial charge is 0.257 e. The van der Waals surface area contributed by atoms with E-state index < -0.39 is 0 Å². The summed E-state index contributed by atoms with van der Waals surface area (Å²) in [6.07, 6.45) is 5.96. The molecule has 4 rings (SSSR count). The minimum atomic E-state index is -0.307. The van der Waals surface area contributed by atoms with Crippen molar-refractivity contribution in [3.8, 4) is 5.69 Å². The first-order valence-corrected chi connectivity index (χ1v) is 10.9. The predicted molar refractivity (Wildman–Crippen MR) is 119 cm³/mol. The number of carbonyl (C=O) groups excluding carboxylic acids is 1. The SMILES string of the molecule is Cc1c(C(=O)N(CCCN2CCOCC2)Cc2ccncc2)cnn1-c1ccc(F)cc1. The molecular formula is C24H28FN5O2. The third-order valence-corrected chi connectivity index (χ3v) is 5.73. The van der Waals surface area contributed by atoms with E-state index in [-0.39, 0.29) is 11.7 Å². The van der Waals surface area contributed by atoms with Gasteiger partial charge in [-0.3, -0.25) is 14.7 Å². The summed E-state index contributed by atoms with van der Waals surface area (Å²) in [6.45, 7) is 7.33. The molecule has 1 aliphatic rings. The molecule has 1 fully saturated rings. The lowest BCUT2D eigenvalue weighted by atomic mass is 10.1. The van der Waals surface area contributed by atoms with Crippen LogP contribution in [0.5, 0.6) is 0 Å². The van der Waals surface area contributed by atoms with E-state index in [1.807, 2.05) is 24.0 Å². The summed E-state index contributed by atoms with van der Waals surface area (Å²) in [5.41, 5.74) is 3.03. The van der Waals surface area contributed by atoms with Gasteiger partial charge in [0.05, 0.1) is 36.4 Å². The Labute approximate surface area is 187 Å². The van der Waals surface area contributed by atoms with Crippen LogP contribution in [0.25, 0.3) is 5.69 Å². The van der Waals surface area contributed by atoms with Crippen LogP contribution >= 0.6 is 0 Å². The first kappa shape index (κ1) is 22.1. The first-order chi connectivity index (χ1) is 15.6. The van der Waals surface area contributed by atoms with Crippen LogP contribution in [0.2, 0.25) is 0 Å². The van der Waals surface area contributed by atoms with E-state index >= 15 is 0 Å². The van der Waals surface area contributed by atoms with Crippen molar-refractivity contribution in [1.82, 2.24) is 24.6 Å². The maximum absolute atomic E-state index is 13.5.